The lowest BCUT2D eigenvalue weighted by Crippen LogP contribution is -2.53. The van der Waals surface area contributed by atoms with E-state index in [9.17, 15) is 4.79 Å². The molecule has 3 aromatic carbocycles. The zero-order chi connectivity index (χ0) is 33.9. The molecule has 0 saturated heterocycles. The number of fused-ring (bicyclic) bond motifs is 11. The van der Waals surface area contributed by atoms with Crippen LogP contribution >= 0.6 is 0 Å². The molecule has 5 heterocycles. The van der Waals surface area contributed by atoms with Crippen LogP contribution < -0.4 is 4.90 Å². The van der Waals surface area contributed by atoms with E-state index in [2.05, 4.69) is 117 Å². The van der Waals surface area contributed by atoms with Crippen LogP contribution in [0.2, 0.25) is 0 Å². The van der Waals surface area contributed by atoms with E-state index in [0.29, 0.717) is 18.9 Å². The topological polar surface area (TPSA) is 41.8 Å². The number of rotatable bonds is 5. The van der Waals surface area contributed by atoms with Gasteiger partial charge < -0.3 is 14.4 Å². The summed E-state index contributed by atoms with van der Waals surface area (Å²) in [7, 11) is 0. The molecule has 5 heteroatoms. The first-order chi connectivity index (χ1) is 23.5. The largest absolute Gasteiger partial charge is 0.466 e. The average molecular weight is 654 g/mol. The Hall–Kier alpha value is -3.96. The molecule has 9 rings (SSSR count). The van der Waals surface area contributed by atoms with Crippen molar-refractivity contribution in [3.63, 3.8) is 0 Å². The summed E-state index contributed by atoms with van der Waals surface area (Å²) in [4.78, 5) is 15.0. The number of anilines is 1. The Morgan fingerprint density at radius 2 is 1.80 bits per heavy atom. The van der Waals surface area contributed by atoms with E-state index in [-0.39, 0.29) is 34.4 Å². The first-order valence-electron chi connectivity index (χ1n) is 18.6. The second-order valence-electron chi connectivity index (χ2n) is 16.7. The van der Waals surface area contributed by atoms with Crippen LogP contribution in [0.4, 0.5) is 11.4 Å². The number of allylic oxidation sites excluding steroid dienone is 3. The molecule has 252 valence electrons. The van der Waals surface area contributed by atoms with Crippen molar-refractivity contribution in [1.29, 1.82) is 0 Å². The van der Waals surface area contributed by atoms with Crippen molar-refractivity contribution >= 4 is 33.8 Å². The van der Waals surface area contributed by atoms with E-state index < -0.39 is 0 Å². The van der Waals surface area contributed by atoms with Crippen molar-refractivity contribution in [1.82, 2.24) is 0 Å². The summed E-state index contributed by atoms with van der Waals surface area (Å²) in [5.41, 5.74) is 12.1. The maximum absolute atomic E-state index is 12.4. The number of ether oxygens (including phenoxy) is 2. The van der Waals surface area contributed by atoms with E-state index in [1.807, 2.05) is 6.92 Å². The third-order valence-electron chi connectivity index (χ3n) is 12.7. The van der Waals surface area contributed by atoms with Gasteiger partial charge in [-0.1, -0.05) is 62.4 Å². The molecule has 0 N–H and O–H groups in total. The van der Waals surface area contributed by atoms with Crippen LogP contribution in [0.1, 0.15) is 84.8 Å². The summed E-state index contributed by atoms with van der Waals surface area (Å²) in [5.74, 6) is 0.367. The van der Waals surface area contributed by atoms with E-state index in [1.165, 1.54) is 61.4 Å². The van der Waals surface area contributed by atoms with Gasteiger partial charge in [0.1, 0.15) is 6.10 Å². The normalized spacial score (nSPS) is 28.4. The number of nitrogens with zero attached hydrogens (tertiary/aromatic N) is 2. The van der Waals surface area contributed by atoms with Gasteiger partial charge >= 0.3 is 5.97 Å². The fourth-order valence-corrected chi connectivity index (χ4v) is 10.7. The smallest absolute Gasteiger partial charge is 0.305 e. The molecule has 1 aliphatic carbocycles. The molecule has 4 unspecified atom stereocenters. The standard InChI is InChI=1S/C44H49N2O3/c1-7-48-37(47)17-12-21-44(6)33-15-10-11-16-34(33)45-22-20-28-25-36-29(23-31(28)40(44)45)24-32-39-43(4,5)38-30-14-9-8-13-27(30)18-19-35(38)46(39)26-42(2,3)41(32)49-36/h8-11,13-16,18-19,23-24,28,36,41H,7,12,17,20-22,25-26H2,1-6H3/q+1. The van der Waals surface area contributed by atoms with E-state index in [0.717, 1.165) is 38.8 Å². The van der Waals surface area contributed by atoms with Gasteiger partial charge in [0.15, 0.2) is 12.3 Å². The molecule has 0 spiro atoms. The summed E-state index contributed by atoms with van der Waals surface area (Å²) < 4.78 is 15.2. The summed E-state index contributed by atoms with van der Waals surface area (Å²) in [5, 5.41) is 2.66. The van der Waals surface area contributed by atoms with E-state index >= 15 is 0 Å². The predicted octanol–water partition coefficient (Wildman–Crippen LogP) is 9.07. The molecule has 0 radical (unpaired) electrons. The van der Waals surface area contributed by atoms with Crippen molar-refractivity contribution in [3.05, 3.63) is 106 Å². The van der Waals surface area contributed by atoms with Crippen molar-refractivity contribution in [2.45, 2.75) is 96.7 Å². The number of carbonyl (C=O) groups excluding carboxylic acids is 1. The van der Waals surface area contributed by atoms with Crippen molar-refractivity contribution in [3.8, 4) is 0 Å². The lowest BCUT2D eigenvalue weighted by Gasteiger charge is -2.47. The summed E-state index contributed by atoms with van der Waals surface area (Å²) in [6.45, 7) is 16.3. The number of esters is 1. The molecule has 6 aliphatic rings. The summed E-state index contributed by atoms with van der Waals surface area (Å²) >= 11 is 0. The van der Waals surface area contributed by atoms with Crippen molar-refractivity contribution < 1.29 is 18.8 Å². The van der Waals surface area contributed by atoms with Crippen LogP contribution in [0.5, 0.6) is 0 Å². The minimum absolute atomic E-state index is 0.0447. The van der Waals surface area contributed by atoms with Gasteiger partial charge in [-0.2, -0.15) is 4.58 Å². The molecule has 5 aliphatic heterocycles. The number of hydrogen-bond donors (Lipinski definition) is 0. The number of hydrogen-bond acceptors (Lipinski definition) is 4. The summed E-state index contributed by atoms with van der Waals surface area (Å²) in [6, 6.07) is 22.5. The minimum Gasteiger partial charge on any atom is -0.466 e. The first-order valence-corrected chi connectivity index (χ1v) is 18.6. The molecule has 5 nitrogen and oxygen atoms in total. The lowest BCUT2D eigenvalue weighted by molar-refractivity contribution is -0.466. The van der Waals surface area contributed by atoms with Crippen molar-refractivity contribution in [2.75, 3.05) is 24.6 Å². The fraction of sp³-hybridized carbons (Fsp3) is 0.455. The average Bonchev–Trinajstić information content (AvgIpc) is 3.47. The molecule has 0 amide bonds. The first kappa shape index (κ1) is 31.1. The maximum atomic E-state index is 12.4. The van der Waals surface area contributed by atoms with Crippen LogP contribution in [0.3, 0.4) is 0 Å². The fourth-order valence-electron chi connectivity index (χ4n) is 10.7. The van der Waals surface area contributed by atoms with E-state index in [1.54, 1.807) is 0 Å². The lowest BCUT2D eigenvalue weighted by atomic mass is 9.67. The third kappa shape index (κ3) is 4.40. The van der Waals surface area contributed by atoms with Crippen LogP contribution in [0, 0.1) is 11.3 Å². The Bertz CT molecular complexity index is 2060. The zero-order valence-electron chi connectivity index (χ0n) is 29.9. The zero-order valence-corrected chi connectivity index (χ0v) is 29.9. The highest BCUT2D eigenvalue weighted by Gasteiger charge is 2.59. The highest BCUT2D eigenvalue weighted by atomic mass is 16.5. The number of benzene rings is 3. The quantitative estimate of drug-likeness (QED) is 0.204. The Morgan fingerprint density at radius 3 is 2.63 bits per heavy atom. The Balaban J connectivity index is 1.18. The van der Waals surface area contributed by atoms with Crippen molar-refractivity contribution in [2.24, 2.45) is 11.3 Å². The molecule has 3 aromatic rings. The highest BCUT2D eigenvalue weighted by molar-refractivity contribution is 6.12. The van der Waals surface area contributed by atoms with Crippen LogP contribution in [0.25, 0.3) is 10.8 Å². The minimum atomic E-state index is -0.166. The van der Waals surface area contributed by atoms with Gasteiger partial charge in [-0.3, -0.25) is 4.79 Å². The van der Waals surface area contributed by atoms with Crippen LogP contribution in [0.15, 0.2) is 95.2 Å². The van der Waals surface area contributed by atoms with Crippen LogP contribution in [-0.2, 0) is 25.1 Å². The van der Waals surface area contributed by atoms with E-state index in [4.69, 9.17) is 9.47 Å². The molecule has 49 heavy (non-hydrogen) atoms. The van der Waals surface area contributed by atoms with Gasteiger partial charge in [-0.25, -0.2) is 0 Å². The highest BCUT2D eigenvalue weighted by Crippen LogP contribution is 2.58. The molecule has 0 aromatic heterocycles. The number of para-hydroxylation sites is 1. The Morgan fingerprint density at radius 1 is 1.00 bits per heavy atom. The SMILES string of the molecule is CCOC(=O)CCCC1(C)C2=C3C=C4C=C5C6=[N+](CC(C)(C)C5OC4CC3CCN2c2ccccc21)c1ccc2ccccc2c1C6(C)C. The predicted molar refractivity (Wildman–Crippen MR) is 197 cm³/mol. The molecule has 4 atom stereocenters. The molecule has 0 bridgehead atoms. The summed E-state index contributed by atoms with van der Waals surface area (Å²) in [6.07, 6.45) is 9.56. The monoisotopic (exact) mass is 653 g/mol. The molecular weight excluding hydrogens is 604 g/mol. The number of carbonyl (C=O) groups is 1. The van der Waals surface area contributed by atoms with Gasteiger partial charge in [-0.15, -0.1) is 0 Å². The van der Waals surface area contributed by atoms with Gasteiger partial charge in [0.05, 0.1) is 23.5 Å². The molecular formula is C44H49N2O3+. The second-order valence-corrected chi connectivity index (χ2v) is 16.7. The Labute approximate surface area is 291 Å². The van der Waals surface area contributed by atoms with Gasteiger partial charge in [0, 0.05) is 47.0 Å². The Kier molecular flexibility index (Phi) is 6.82. The molecule has 0 fully saturated rings. The van der Waals surface area contributed by atoms with Gasteiger partial charge in [0.2, 0.25) is 5.69 Å². The van der Waals surface area contributed by atoms with Crippen LogP contribution in [-0.4, -0.2) is 48.2 Å². The maximum Gasteiger partial charge on any atom is 0.305 e. The molecule has 0 saturated carbocycles. The third-order valence-corrected chi connectivity index (χ3v) is 12.7. The van der Waals surface area contributed by atoms with Gasteiger partial charge in [0.25, 0.3) is 0 Å². The van der Waals surface area contributed by atoms with Gasteiger partial charge in [-0.05, 0) is 105 Å². The second kappa shape index (κ2) is 10.8.